The molecule has 2 aliphatic rings. The number of fused-ring (bicyclic) bond motifs is 1. The third kappa shape index (κ3) is 4.80. The van der Waals surface area contributed by atoms with Crippen LogP contribution in [0.15, 0.2) is 101 Å². The first-order chi connectivity index (χ1) is 16.2. The van der Waals surface area contributed by atoms with Crippen molar-refractivity contribution in [2.45, 2.75) is 18.9 Å². The van der Waals surface area contributed by atoms with E-state index in [1.807, 2.05) is 18.2 Å². The van der Waals surface area contributed by atoms with Crippen LogP contribution in [0.4, 0.5) is 8.78 Å². The number of allylic oxidation sites excluding steroid dienone is 2. The maximum atomic E-state index is 14.1. The highest BCUT2D eigenvalue weighted by Crippen LogP contribution is 2.29. The zero-order chi connectivity index (χ0) is 22.6. The molecule has 0 spiro atoms. The molecule has 0 fully saturated rings. The minimum atomic E-state index is -0.873. The third-order valence-electron chi connectivity index (χ3n) is 5.79. The van der Waals surface area contributed by atoms with Crippen LogP contribution in [0.3, 0.4) is 0 Å². The number of halogens is 2. The molecule has 4 heteroatoms. The molecular formula is C29H22F2N2. The normalized spacial score (nSPS) is 17.4. The van der Waals surface area contributed by atoms with Gasteiger partial charge in [0.25, 0.3) is 0 Å². The molecule has 33 heavy (non-hydrogen) atoms. The molecule has 1 atom stereocenters. The van der Waals surface area contributed by atoms with Crippen molar-refractivity contribution in [1.82, 2.24) is 0 Å². The Kier molecular flexibility index (Phi) is 5.90. The molecule has 0 saturated carbocycles. The number of hydrogen-bond acceptors (Lipinski definition) is 2. The Morgan fingerprint density at radius 3 is 2.39 bits per heavy atom. The number of aliphatic imine (C=N–C) groups is 2. The van der Waals surface area contributed by atoms with Crippen molar-refractivity contribution in [2.24, 2.45) is 9.98 Å². The van der Waals surface area contributed by atoms with Crippen LogP contribution in [-0.2, 0) is 6.42 Å². The van der Waals surface area contributed by atoms with Gasteiger partial charge in [0.05, 0.1) is 17.5 Å². The lowest BCUT2D eigenvalue weighted by Crippen LogP contribution is -2.07. The van der Waals surface area contributed by atoms with Crippen LogP contribution in [0.5, 0.6) is 0 Å². The van der Waals surface area contributed by atoms with Gasteiger partial charge in [0, 0.05) is 11.8 Å². The number of rotatable bonds is 5. The molecule has 0 N–H and O–H groups in total. The van der Waals surface area contributed by atoms with Crippen LogP contribution in [-0.4, -0.2) is 18.0 Å². The lowest BCUT2D eigenvalue weighted by Gasteiger charge is -2.09. The molecule has 5 rings (SSSR count). The molecule has 2 aliphatic heterocycles. The quantitative estimate of drug-likeness (QED) is 0.387. The fourth-order valence-electron chi connectivity index (χ4n) is 3.98. The molecule has 0 amide bonds. The van der Waals surface area contributed by atoms with Crippen LogP contribution in [0.25, 0.3) is 17.8 Å². The largest absolute Gasteiger partial charge is 0.287 e. The van der Waals surface area contributed by atoms with Crippen LogP contribution in [0.1, 0.15) is 28.7 Å². The van der Waals surface area contributed by atoms with Gasteiger partial charge in [-0.2, -0.15) is 0 Å². The Balaban J connectivity index is 1.25. The molecule has 0 aliphatic carbocycles. The maximum absolute atomic E-state index is 14.1. The van der Waals surface area contributed by atoms with Gasteiger partial charge in [-0.25, -0.2) is 13.8 Å². The van der Waals surface area contributed by atoms with E-state index in [4.69, 9.17) is 4.99 Å². The highest BCUT2D eigenvalue weighted by Gasteiger charge is 2.21. The highest BCUT2D eigenvalue weighted by molar-refractivity contribution is 6.41. The molecule has 0 radical (unpaired) electrons. The molecule has 162 valence electrons. The summed E-state index contributed by atoms with van der Waals surface area (Å²) >= 11 is 0. The minimum Gasteiger partial charge on any atom is -0.287 e. The first-order valence-corrected chi connectivity index (χ1v) is 11.0. The fraction of sp³-hybridized carbons (Fsp3) is 0.103. The van der Waals surface area contributed by atoms with E-state index in [1.54, 1.807) is 18.4 Å². The summed E-state index contributed by atoms with van der Waals surface area (Å²) < 4.78 is 27.7. The van der Waals surface area contributed by atoms with Gasteiger partial charge in [0.2, 0.25) is 0 Å². The van der Waals surface area contributed by atoms with Crippen molar-refractivity contribution in [3.05, 3.63) is 124 Å². The Labute approximate surface area is 192 Å². The standard InChI is InChI=1S/C29H22F2N2/c30-26-8-4-7-25(29(26)31)27-18-23-15-16-24(32-19-28(23)33-27)17-22-13-11-21(12-14-22)10-9-20-5-2-1-3-6-20/h1-15,18-19,24H,16-17H2/b10-9+. The number of benzene rings is 3. The third-order valence-corrected chi connectivity index (χ3v) is 5.79. The average Bonchev–Trinajstić information content (AvgIpc) is 3.16. The van der Waals surface area contributed by atoms with E-state index in [-0.39, 0.29) is 11.6 Å². The summed E-state index contributed by atoms with van der Waals surface area (Å²) in [6.07, 6.45) is 11.4. The average molecular weight is 437 g/mol. The molecule has 0 saturated heterocycles. The minimum absolute atomic E-state index is 0.110. The fourth-order valence-corrected chi connectivity index (χ4v) is 3.98. The van der Waals surface area contributed by atoms with Gasteiger partial charge >= 0.3 is 0 Å². The van der Waals surface area contributed by atoms with Crippen LogP contribution in [0.2, 0.25) is 0 Å². The van der Waals surface area contributed by atoms with E-state index >= 15 is 0 Å². The summed E-state index contributed by atoms with van der Waals surface area (Å²) in [7, 11) is 0. The summed E-state index contributed by atoms with van der Waals surface area (Å²) in [6, 6.07) is 23.0. The van der Waals surface area contributed by atoms with Crippen molar-refractivity contribution in [3.63, 3.8) is 0 Å². The molecule has 3 aromatic carbocycles. The van der Waals surface area contributed by atoms with Crippen molar-refractivity contribution in [3.8, 4) is 0 Å². The lowest BCUT2D eigenvalue weighted by atomic mass is 10.0. The van der Waals surface area contributed by atoms with E-state index in [1.165, 1.54) is 17.2 Å². The first kappa shape index (κ1) is 21.0. The Morgan fingerprint density at radius 1 is 0.848 bits per heavy atom. The van der Waals surface area contributed by atoms with Crippen LogP contribution >= 0.6 is 0 Å². The van der Waals surface area contributed by atoms with Crippen molar-refractivity contribution in [1.29, 1.82) is 0 Å². The molecule has 1 unspecified atom stereocenters. The van der Waals surface area contributed by atoms with E-state index in [2.05, 4.69) is 59.6 Å². The Bertz CT molecular complexity index is 1310. The first-order valence-electron chi connectivity index (χ1n) is 11.0. The van der Waals surface area contributed by atoms with Gasteiger partial charge in [0.15, 0.2) is 11.6 Å². The molecule has 0 bridgehead atoms. The van der Waals surface area contributed by atoms with Crippen LogP contribution < -0.4 is 0 Å². The monoisotopic (exact) mass is 436 g/mol. The lowest BCUT2D eigenvalue weighted by molar-refractivity contribution is 0.506. The van der Waals surface area contributed by atoms with Crippen molar-refractivity contribution >= 4 is 29.8 Å². The van der Waals surface area contributed by atoms with Gasteiger partial charge in [-0.15, -0.1) is 0 Å². The topological polar surface area (TPSA) is 24.7 Å². The second-order valence-corrected chi connectivity index (χ2v) is 8.14. The predicted octanol–water partition coefficient (Wildman–Crippen LogP) is 6.94. The van der Waals surface area contributed by atoms with Gasteiger partial charge in [-0.05, 0) is 53.3 Å². The number of hydrogen-bond donors (Lipinski definition) is 0. The SMILES string of the molecule is Fc1cccc(C2=CC3=CCC(Cc4ccc(/C=C/c5ccccc5)cc4)N=CC3=N2)c1F. The van der Waals surface area contributed by atoms with E-state index in [0.29, 0.717) is 11.4 Å². The second-order valence-electron chi connectivity index (χ2n) is 8.14. The zero-order valence-corrected chi connectivity index (χ0v) is 18.0. The molecular weight excluding hydrogens is 414 g/mol. The summed E-state index contributed by atoms with van der Waals surface area (Å²) in [5.74, 6) is -1.74. The predicted molar refractivity (Wildman–Crippen MR) is 132 cm³/mol. The second kappa shape index (κ2) is 9.29. The molecule has 3 aromatic rings. The maximum Gasteiger partial charge on any atom is 0.168 e. The van der Waals surface area contributed by atoms with Crippen molar-refractivity contribution < 1.29 is 8.78 Å². The molecule has 2 heterocycles. The summed E-state index contributed by atoms with van der Waals surface area (Å²) in [4.78, 5) is 9.19. The Morgan fingerprint density at radius 2 is 1.61 bits per heavy atom. The van der Waals surface area contributed by atoms with Gasteiger partial charge < -0.3 is 0 Å². The number of nitrogens with zero attached hydrogens (tertiary/aromatic N) is 2. The van der Waals surface area contributed by atoms with Gasteiger partial charge in [-0.3, -0.25) is 4.99 Å². The summed E-state index contributed by atoms with van der Waals surface area (Å²) in [5.41, 5.74) is 5.74. The van der Waals surface area contributed by atoms with Crippen molar-refractivity contribution in [2.75, 3.05) is 0 Å². The van der Waals surface area contributed by atoms with Gasteiger partial charge in [0.1, 0.15) is 0 Å². The van der Waals surface area contributed by atoms with E-state index < -0.39 is 11.6 Å². The summed E-state index contributed by atoms with van der Waals surface area (Å²) in [5, 5.41) is 0. The molecule has 0 aromatic heterocycles. The van der Waals surface area contributed by atoms with E-state index in [9.17, 15) is 8.78 Å². The summed E-state index contributed by atoms with van der Waals surface area (Å²) in [6.45, 7) is 0. The molecule has 2 nitrogen and oxygen atoms in total. The van der Waals surface area contributed by atoms with Gasteiger partial charge in [-0.1, -0.05) is 78.9 Å². The Hall–Kier alpha value is -3.92. The zero-order valence-electron chi connectivity index (χ0n) is 18.0. The van der Waals surface area contributed by atoms with Crippen LogP contribution in [0, 0.1) is 11.6 Å². The smallest absolute Gasteiger partial charge is 0.168 e. The van der Waals surface area contributed by atoms with E-state index in [0.717, 1.165) is 30.0 Å². The highest BCUT2D eigenvalue weighted by atomic mass is 19.2.